The lowest BCUT2D eigenvalue weighted by Crippen LogP contribution is -2.43. The molecule has 23 heavy (non-hydrogen) atoms. The first-order valence-corrected chi connectivity index (χ1v) is 9.02. The third kappa shape index (κ3) is 4.20. The average Bonchev–Trinajstić information content (AvgIpc) is 2.92. The van der Waals surface area contributed by atoms with E-state index in [4.69, 9.17) is 0 Å². The number of aromatic hydroxyl groups is 1. The predicted octanol–water partition coefficient (Wildman–Crippen LogP) is 2.09. The van der Waals surface area contributed by atoms with E-state index >= 15 is 0 Å². The second-order valence-corrected chi connectivity index (χ2v) is 7.37. The van der Waals surface area contributed by atoms with Gasteiger partial charge in [0, 0.05) is 30.4 Å². The van der Waals surface area contributed by atoms with Crippen LogP contribution in [0, 0.1) is 0 Å². The van der Waals surface area contributed by atoms with E-state index in [1.54, 1.807) is 18.2 Å². The van der Waals surface area contributed by atoms with Gasteiger partial charge < -0.3 is 15.1 Å². The summed E-state index contributed by atoms with van der Waals surface area (Å²) in [6, 6.07) is 5.67. The summed E-state index contributed by atoms with van der Waals surface area (Å²) in [5, 5.41) is 18.7. The van der Waals surface area contributed by atoms with Crippen molar-refractivity contribution in [1.82, 2.24) is 4.90 Å². The highest BCUT2D eigenvalue weighted by molar-refractivity contribution is 8.13. The molecule has 8 heteroatoms. The van der Waals surface area contributed by atoms with Crippen LogP contribution in [0.3, 0.4) is 0 Å². The number of hydrogen-bond acceptors (Lipinski definition) is 6. The minimum absolute atomic E-state index is 0.0342. The number of hydrogen-bond donors (Lipinski definition) is 2. The molecule has 1 fully saturated rings. The second-order valence-electron chi connectivity index (χ2n) is 4.99. The quantitative estimate of drug-likeness (QED) is 0.835. The van der Waals surface area contributed by atoms with Crippen LogP contribution in [0.4, 0.5) is 0 Å². The highest BCUT2D eigenvalue weighted by Crippen LogP contribution is 2.44. The van der Waals surface area contributed by atoms with Crippen LogP contribution in [0.5, 0.6) is 5.75 Å². The van der Waals surface area contributed by atoms with Gasteiger partial charge in [-0.1, -0.05) is 30.0 Å². The number of thioether (sulfide) groups is 2. The summed E-state index contributed by atoms with van der Waals surface area (Å²) in [6.45, 7) is 1.42. The molecule has 2 atom stereocenters. The molecule has 0 bridgehead atoms. The third-order valence-electron chi connectivity index (χ3n) is 3.40. The minimum atomic E-state index is -1.07. The molecule has 1 heterocycles. The lowest BCUT2D eigenvalue weighted by atomic mass is 10.1. The highest BCUT2D eigenvalue weighted by Gasteiger charge is 2.42. The third-order valence-corrected chi connectivity index (χ3v) is 5.52. The fraction of sp³-hybridized carbons (Fsp3) is 0.400. The standard InChI is InChI=1S/C15H17NO5S2/c1-9(17)22-7-6-13(19)16-11(15(20)21)8-23-14(16)10-4-2-3-5-12(10)18/h2-5,11,14,18H,6-8H2,1H3,(H,20,21)/t11-,14+/m0/s1. The molecule has 124 valence electrons. The van der Waals surface area contributed by atoms with Crippen molar-refractivity contribution in [1.29, 1.82) is 0 Å². The van der Waals surface area contributed by atoms with Crippen molar-refractivity contribution in [2.24, 2.45) is 0 Å². The number of phenolic OH excluding ortho intramolecular Hbond substituents is 1. The molecule has 0 aromatic heterocycles. The van der Waals surface area contributed by atoms with Gasteiger partial charge in [0.05, 0.1) is 0 Å². The van der Waals surface area contributed by atoms with Crippen LogP contribution < -0.4 is 0 Å². The molecular formula is C15H17NO5S2. The van der Waals surface area contributed by atoms with Crippen LogP contribution in [0.2, 0.25) is 0 Å². The van der Waals surface area contributed by atoms with Crippen LogP contribution >= 0.6 is 23.5 Å². The van der Waals surface area contributed by atoms with Gasteiger partial charge in [0.15, 0.2) is 5.12 Å². The highest BCUT2D eigenvalue weighted by atomic mass is 32.2. The number of carbonyl (C=O) groups excluding carboxylic acids is 2. The number of para-hydroxylation sites is 1. The van der Waals surface area contributed by atoms with E-state index in [0.29, 0.717) is 11.3 Å². The Balaban J connectivity index is 2.21. The van der Waals surface area contributed by atoms with Gasteiger partial charge in [-0.2, -0.15) is 0 Å². The molecule has 2 rings (SSSR count). The van der Waals surface area contributed by atoms with E-state index in [9.17, 15) is 24.6 Å². The number of carboxylic acids is 1. The summed E-state index contributed by atoms with van der Waals surface area (Å²) >= 11 is 2.35. The van der Waals surface area contributed by atoms with Crippen molar-refractivity contribution < 1.29 is 24.6 Å². The van der Waals surface area contributed by atoms with Crippen molar-refractivity contribution in [2.75, 3.05) is 11.5 Å². The maximum absolute atomic E-state index is 12.5. The maximum Gasteiger partial charge on any atom is 0.327 e. The van der Waals surface area contributed by atoms with Gasteiger partial charge in [-0.15, -0.1) is 11.8 Å². The van der Waals surface area contributed by atoms with Gasteiger partial charge >= 0.3 is 5.97 Å². The zero-order valence-electron chi connectivity index (χ0n) is 12.5. The molecule has 1 saturated heterocycles. The molecule has 1 aliphatic heterocycles. The van der Waals surface area contributed by atoms with Gasteiger partial charge in [-0.05, 0) is 6.07 Å². The van der Waals surface area contributed by atoms with E-state index in [0.717, 1.165) is 11.8 Å². The molecule has 0 aliphatic carbocycles. The van der Waals surface area contributed by atoms with Crippen LogP contribution in [0.25, 0.3) is 0 Å². The Hall–Kier alpha value is -1.67. The van der Waals surface area contributed by atoms with E-state index in [1.165, 1.54) is 29.7 Å². The summed E-state index contributed by atoms with van der Waals surface area (Å²) in [5.74, 6) is -0.783. The molecule has 2 N–H and O–H groups in total. The number of amides is 1. The molecular weight excluding hydrogens is 338 g/mol. The van der Waals surface area contributed by atoms with Crippen molar-refractivity contribution >= 4 is 40.5 Å². The Labute approximate surface area is 142 Å². The fourth-order valence-corrected chi connectivity index (χ4v) is 4.38. The van der Waals surface area contributed by atoms with E-state index < -0.39 is 17.4 Å². The summed E-state index contributed by atoms with van der Waals surface area (Å²) in [6.07, 6.45) is 0.0820. The fourth-order valence-electron chi connectivity index (χ4n) is 2.35. The van der Waals surface area contributed by atoms with Crippen LogP contribution in [0.15, 0.2) is 24.3 Å². The summed E-state index contributed by atoms with van der Waals surface area (Å²) in [7, 11) is 0. The Morgan fingerprint density at radius 2 is 2.04 bits per heavy atom. The van der Waals surface area contributed by atoms with E-state index in [2.05, 4.69) is 0 Å². The van der Waals surface area contributed by atoms with Crippen LogP contribution in [-0.2, 0) is 14.4 Å². The number of phenols is 1. The number of carboxylic acid groups (broad SMARTS) is 1. The van der Waals surface area contributed by atoms with Gasteiger partial charge in [0.2, 0.25) is 5.91 Å². The summed E-state index contributed by atoms with van der Waals surface area (Å²) in [4.78, 5) is 36.2. The molecule has 6 nitrogen and oxygen atoms in total. The largest absolute Gasteiger partial charge is 0.508 e. The van der Waals surface area contributed by atoms with Crippen LogP contribution in [-0.4, -0.2) is 49.7 Å². The first-order chi connectivity index (χ1) is 10.9. The molecule has 1 amide bonds. The molecule has 1 aliphatic rings. The zero-order valence-corrected chi connectivity index (χ0v) is 14.1. The van der Waals surface area contributed by atoms with Crippen molar-refractivity contribution in [3.63, 3.8) is 0 Å². The number of carbonyl (C=O) groups is 3. The Morgan fingerprint density at radius 1 is 1.35 bits per heavy atom. The maximum atomic E-state index is 12.5. The molecule has 0 saturated carbocycles. The lowest BCUT2D eigenvalue weighted by Gasteiger charge is -2.28. The first kappa shape index (κ1) is 17.7. The summed E-state index contributed by atoms with van der Waals surface area (Å²) < 4.78 is 0. The molecule has 0 spiro atoms. The van der Waals surface area contributed by atoms with Gasteiger partial charge in [-0.3, -0.25) is 9.59 Å². The minimum Gasteiger partial charge on any atom is -0.508 e. The predicted molar refractivity (Wildman–Crippen MR) is 89.3 cm³/mol. The lowest BCUT2D eigenvalue weighted by molar-refractivity contribution is -0.149. The van der Waals surface area contributed by atoms with Gasteiger partial charge in [-0.25, -0.2) is 4.79 Å². The van der Waals surface area contributed by atoms with Gasteiger partial charge in [0.1, 0.15) is 17.2 Å². The smallest absolute Gasteiger partial charge is 0.327 e. The molecule has 0 unspecified atom stereocenters. The average molecular weight is 355 g/mol. The summed E-state index contributed by atoms with van der Waals surface area (Å²) in [5.41, 5.74) is 0.522. The van der Waals surface area contributed by atoms with Crippen LogP contribution in [0.1, 0.15) is 24.3 Å². The Morgan fingerprint density at radius 3 is 2.65 bits per heavy atom. The first-order valence-electron chi connectivity index (χ1n) is 6.98. The van der Waals surface area contributed by atoms with Crippen molar-refractivity contribution in [3.8, 4) is 5.75 Å². The SMILES string of the molecule is CC(=O)SCCC(=O)N1[C@@H](c2ccccc2O)SC[C@H]1C(=O)O. The van der Waals surface area contributed by atoms with Crippen molar-refractivity contribution in [2.45, 2.75) is 24.8 Å². The number of nitrogens with zero attached hydrogens (tertiary/aromatic N) is 1. The Bertz CT molecular complexity index is 622. The molecule has 0 radical (unpaired) electrons. The monoisotopic (exact) mass is 355 g/mol. The number of rotatable bonds is 5. The number of aliphatic carboxylic acids is 1. The molecule has 1 aromatic rings. The topological polar surface area (TPSA) is 94.9 Å². The normalized spacial score (nSPS) is 20.5. The zero-order chi connectivity index (χ0) is 17.0. The second kappa shape index (κ2) is 7.74. The Kier molecular flexibility index (Phi) is 5.95. The van der Waals surface area contributed by atoms with Gasteiger partial charge in [0.25, 0.3) is 0 Å². The van der Waals surface area contributed by atoms with Crippen molar-refractivity contribution in [3.05, 3.63) is 29.8 Å². The van der Waals surface area contributed by atoms with E-state index in [-0.39, 0.29) is 28.9 Å². The van der Waals surface area contributed by atoms with E-state index in [1.807, 2.05) is 0 Å². The molecule has 1 aromatic carbocycles. The number of benzene rings is 1.